The Balaban J connectivity index is 3.27. The van der Waals surface area contributed by atoms with Crippen LogP contribution in [0.2, 0.25) is 0 Å². The predicted octanol–water partition coefficient (Wildman–Crippen LogP) is 4.26. The Labute approximate surface area is 111 Å². The minimum atomic E-state index is -5.04. The number of alkyl halides is 6. The Morgan fingerprint density at radius 1 is 1.41 bits per heavy atom. The molecule has 1 heterocycles. The zero-order valence-electron chi connectivity index (χ0n) is 7.86. The van der Waals surface area contributed by atoms with Crippen molar-refractivity contribution in [3.63, 3.8) is 0 Å². The Morgan fingerprint density at radius 2 is 2.00 bits per heavy atom. The molecule has 0 bridgehead atoms. The first-order valence-electron chi connectivity index (χ1n) is 4.03. The molecule has 96 valence electrons. The summed E-state index contributed by atoms with van der Waals surface area (Å²) in [5.41, 5.74) is -0.864. The zero-order valence-corrected chi connectivity index (χ0v) is 10.8. The van der Waals surface area contributed by atoms with E-state index in [1.165, 1.54) is 22.6 Å². The molecule has 0 aromatic carbocycles. The fourth-order valence-electron chi connectivity index (χ4n) is 1.02. The smallest absolute Gasteiger partial charge is 0.405 e. The van der Waals surface area contributed by atoms with Crippen LogP contribution in [0.3, 0.4) is 0 Å². The van der Waals surface area contributed by atoms with Gasteiger partial charge in [0, 0.05) is 6.07 Å². The van der Waals surface area contributed by atoms with Gasteiger partial charge in [0.25, 0.3) is 6.43 Å². The Bertz CT molecular complexity index is 412. The molecule has 0 saturated heterocycles. The lowest BCUT2D eigenvalue weighted by Gasteiger charge is -2.14. The molecule has 0 unspecified atom stereocenters. The number of hydrogen-bond donors (Lipinski definition) is 0. The van der Waals surface area contributed by atoms with E-state index in [1.807, 2.05) is 0 Å². The summed E-state index contributed by atoms with van der Waals surface area (Å²) in [7, 11) is 0. The summed E-state index contributed by atoms with van der Waals surface area (Å²) in [5, 5.41) is 0. The first kappa shape index (κ1) is 14.7. The number of aromatic nitrogens is 1. The van der Waals surface area contributed by atoms with Crippen LogP contribution < -0.4 is 4.74 Å². The van der Waals surface area contributed by atoms with Crippen LogP contribution in [0.25, 0.3) is 0 Å². The quantitative estimate of drug-likeness (QED) is 0.335. The third kappa shape index (κ3) is 4.09. The molecule has 0 aliphatic carbocycles. The summed E-state index contributed by atoms with van der Waals surface area (Å²) < 4.78 is 64.5. The number of rotatable bonds is 3. The van der Waals surface area contributed by atoms with Crippen molar-refractivity contribution in [3.8, 4) is 5.75 Å². The SMILES string of the molecule is FC(F)c1c(OC(F)(F)F)cc(CCl)nc1I. The minimum Gasteiger partial charge on any atom is -0.405 e. The minimum absolute atomic E-state index is 0.0275. The molecule has 1 rings (SSSR count). The van der Waals surface area contributed by atoms with E-state index in [9.17, 15) is 22.0 Å². The van der Waals surface area contributed by atoms with Gasteiger partial charge < -0.3 is 4.74 Å². The molecular formula is C8H4ClF5INO. The van der Waals surface area contributed by atoms with E-state index in [0.29, 0.717) is 0 Å². The molecule has 1 aromatic rings. The van der Waals surface area contributed by atoms with Crippen LogP contribution in [0.15, 0.2) is 6.07 Å². The molecule has 9 heteroatoms. The second-order valence-corrected chi connectivity index (χ2v) is 4.09. The van der Waals surface area contributed by atoms with Crippen molar-refractivity contribution in [2.24, 2.45) is 0 Å². The Morgan fingerprint density at radius 3 is 2.41 bits per heavy atom. The maximum Gasteiger partial charge on any atom is 0.573 e. The van der Waals surface area contributed by atoms with Gasteiger partial charge in [0.2, 0.25) is 0 Å². The number of hydrogen-bond acceptors (Lipinski definition) is 2. The topological polar surface area (TPSA) is 22.1 Å². The van der Waals surface area contributed by atoms with Gasteiger partial charge in [-0.25, -0.2) is 13.8 Å². The van der Waals surface area contributed by atoms with Crippen molar-refractivity contribution >= 4 is 34.2 Å². The van der Waals surface area contributed by atoms with E-state index in [0.717, 1.165) is 6.07 Å². The van der Waals surface area contributed by atoms with E-state index in [4.69, 9.17) is 11.6 Å². The molecule has 0 aliphatic heterocycles. The van der Waals surface area contributed by atoms with Crippen LogP contribution in [-0.4, -0.2) is 11.3 Å². The molecule has 0 fully saturated rings. The van der Waals surface area contributed by atoms with Gasteiger partial charge >= 0.3 is 6.36 Å². The average molecular weight is 387 g/mol. The van der Waals surface area contributed by atoms with Crippen molar-refractivity contribution in [1.82, 2.24) is 4.98 Å². The number of pyridine rings is 1. The molecule has 17 heavy (non-hydrogen) atoms. The molecule has 0 saturated carbocycles. The van der Waals surface area contributed by atoms with Gasteiger partial charge in [0.1, 0.15) is 9.45 Å². The zero-order chi connectivity index (χ0) is 13.2. The highest BCUT2D eigenvalue weighted by molar-refractivity contribution is 14.1. The molecule has 0 spiro atoms. The molecule has 2 nitrogen and oxygen atoms in total. The largest absolute Gasteiger partial charge is 0.573 e. The van der Waals surface area contributed by atoms with Gasteiger partial charge in [-0.15, -0.1) is 24.8 Å². The van der Waals surface area contributed by atoms with Crippen LogP contribution in [0, 0.1) is 3.70 Å². The van der Waals surface area contributed by atoms with Crippen LogP contribution in [0.4, 0.5) is 22.0 Å². The van der Waals surface area contributed by atoms with Crippen LogP contribution in [-0.2, 0) is 5.88 Å². The third-order valence-electron chi connectivity index (χ3n) is 1.61. The van der Waals surface area contributed by atoms with E-state index >= 15 is 0 Å². The Kier molecular flexibility index (Phi) is 4.76. The van der Waals surface area contributed by atoms with Crippen LogP contribution in [0.1, 0.15) is 17.7 Å². The maximum absolute atomic E-state index is 12.6. The van der Waals surface area contributed by atoms with Gasteiger partial charge in [-0.1, -0.05) is 0 Å². The fourth-order valence-corrected chi connectivity index (χ4v) is 1.97. The molecule has 0 atom stereocenters. The Hall–Kier alpha value is -0.380. The van der Waals surface area contributed by atoms with Gasteiger partial charge in [-0.05, 0) is 22.6 Å². The summed E-state index contributed by atoms with van der Waals surface area (Å²) >= 11 is 6.79. The number of ether oxygens (including phenoxy) is 1. The molecule has 0 amide bonds. The van der Waals surface area contributed by atoms with Crippen LogP contribution >= 0.6 is 34.2 Å². The van der Waals surface area contributed by atoms with Crippen molar-refractivity contribution in [2.75, 3.05) is 0 Å². The second-order valence-electron chi connectivity index (χ2n) is 2.80. The first-order chi connectivity index (χ1) is 7.74. The van der Waals surface area contributed by atoms with E-state index in [1.54, 1.807) is 0 Å². The van der Waals surface area contributed by atoms with E-state index in [-0.39, 0.29) is 15.3 Å². The summed E-state index contributed by atoms with van der Waals surface area (Å²) in [5.74, 6) is -1.17. The monoisotopic (exact) mass is 387 g/mol. The summed E-state index contributed by atoms with van der Waals surface area (Å²) in [6, 6.07) is 0.754. The summed E-state index contributed by atoms with van der Waals surface area (Å²) in [6.07, 6.45) is -8.16. The van der Waals surface area contributed by atoms with Gasteiger partial charge in [0.15, 0.2) is 0 Å². The highest BCUT2D eigenvalue weighted by atomic mass is 127. The van der Waals surface area contributed by atoms with Crippen LogP contribution in [0.5, 0.6) is 5.75 Å². The maximum atomic E-state index is 12.6. The first-order valence-corrected chi connectivity index (χ1v) is 5.65. The number of halogens is 7. The lowest BCUT2D eigenvalue weighted by Crippen LogP contribution is -2.19. The molecule has 1 aromatic heterocycles. The van der Waals surface area contributed by atoms with Gasteiger partial charge in [0.05, 0.1) is 17.1 Å². The third-order valence-corrected chi connectivity index (χ3v) is 2.70. The van der Waals surface area contributed by atoms with Gasteiger partial charge in [-0.3, -0.25) is 0 Å². The van der Waals surface area contributed by atoms with Gasteiger partial charge in [-0.2, -0.15) is 0 Å². The van der Waals surface area contributed by atoms with Crippen molar-refractivity contribution in [2.45, 2.75) is 18.7 Å². The molecule has 0 N–H and O–H groups in total. The van der Waals surface area contributed by atoms with Crippen molar-refractivity contribution in [3.05, 3.63) is 21.0 Å². The summed E-state index contributed by atoms with van der Waals surface area (Å²) in [6.45, 7) is 0. The standard InChI is InChI=1S/C8H4ClF5INO/c9-2-3-1-4(17-8(12,13)14)5(6(10)11)7(15)16-3/h1,6H,2H2. The molecule has 0 radical (unpaired) electrons. The predicted molar refractivity (Wildman–Crippen MR) is 58.2 cm³/mol. The lowest BCUT2D eigenvalue weighted by molar-refractivity contribution is -0.275. The average Bonchev–Trinajstić information content (AvgIpc) is 2.13. The highest BCUT2D eigenvalue weighted by Gasteiger charge is 2.34. The van der Waals surface area contributed by atoms with E-state index in [2.05, 4.69) is 9.72 Å². The van der Waals surface area contributed by atoms with Crippen molar-refractivity contribution < 1.29 is 26.7 Å². The normalized spacial score (nSPS) is 12.0. The highest BCUT2D eigenvalue weighted by Crippen LogP contribution is 2.36. The second kappa shape index (κ2) is 5.51. The molecule has 0 aliphatic rings. The summed E-state index contributed by atoms with van der Waals surface area (Å²) in [4.78, 5) is 3.63. The number of nitrogens with zero attached hydrogens (tertiary/aromatic N) is 1. The fraction of sp³-hybridized carbons (Fsp3) is 0.375. The van der Waals surface area contributed by atoms with E-state index < -0.39 is 24.1 Å². The lowest BCUT2D eigenvalue weighted by atomic mass is 10.2. The molecular weight excluding hydrogens is 383 g/mol. The van der Waals surface area contributed by atoms with Crippen molar-refractivity contribution in [1.29, 1.82) is 0 Å².